The van der Waals surface area contributed by atoms with Gasteiger partial charge in [-0.1, -0.05) is 170 Å². The Bertz CT molecular complexity index is 5090. The highest BCUT2D eigenvalue weighted by atomic mass is 15.0. The number of fused-ring (bicyclic) bond motifs is 15. The SMILES string of the molecule is c1ccc2c(-n3c4ccccc4c4ccc(-n5c6cccc(c6)c6cccc(c6)n(-c6cccc7c6c6ccccc6n7-c6cccc7ccccc67)c6ccc7ccc8ccc5cc8c7c6)cc43)cccc2c1. The highest BCUT2D eigenvalue weighted by Crippen LogP contribution is 2.41. The maximum Gasteiger partial charge on any atom is 0.0562 e. The summed E-state index contributed by atoms with van der Waals surface area (Å²) in [6.07, 6.45) is 0. The highest BCUT2D eigenvalue weighted by molar-refractivity contribution is 6.16. The van der Waals surface area contributed by atoms with E-state index in [1.54, 1.807) is 0 Å². The molecule has 0 amide bonds. The molecule has 0 saturated carbocycles. The largest absolute Gasteiger partial charge is 0.310 e. The van der Waals surface area contributed by atoms with Gasteiger partial charge in [-0.3, -0.25) is 0 Å². The minimum absolute atomic E-state index is 1.08. The quantitative estimate of drug-likeness (QED) is 0.157. The summed E-state index contributed by atoms with van der Waals surface area (Å²) in [5, 5.41) is 16.8. The predicted molar refractivity (Wildman–Crippen MR) is 314 cm³/mol. The van der Waals surface area contributed by atoms with Crippen LogP contribution in [0, 0.1) is 0 Å². The molecular weight excluding hydrogens is 897 g/mol. The van der Waals surface area contributed by atoms with Gasteiger partial charge < -0.3 is 18.3 Å². The van der Waals surface area contributed by atoms with Crippen molar-refractivity contribution in [3.63, 3.8) is 0 Å². The molecule has 13 aromatic carbocycles. The van der Waals surface area contributed by atoms with Gasteiger partial charge in [-0.2, -0.15) is 0 Å². The third kappa shape index (κ3) is 6.03. The standard InChI is InChI=1S/C70H44N4/c1-3-22-56-45(14-1)16-11-28-63(56)73-66-27-8-6-25-60(66)70-67(30-13-31-68(70)73)72-52-21-10-19-50(41-52)49-18-9-20-51(40-49)71(53-36-34-47-32-33-48-35-37-54(72)43-62(48)61(47)42-53)55-38-39-59-58-24-5-7-26-65(58)74(69(59)44-55)64-29-12-17-46-15-2-4-23-57(46)64/h1-44H. The number of rotatable bonds is 4. The van der Waals surface area contributed by atoms with Gasteiger partial charge in [0.25, 0.3) is 0 Å². The van der Waals surface area contributed by atoms with Crippen LogP contribution in [-0.2, 0) is 0 Å². The summed E-state index contributed by atoms with van der Waals surface area (Å²) in [5.74, 6) is 0. The molecular formula is C70H44N4. The second kappa shape index (κ2) is 15.8. The number of nitrogens with zero attached hydrogens (tertiary/aromatic N) is 4. The van der Waals surface area contributed by atoms with Crippen molar-refractivity contribution in [3.05, 3.63) is 267 Å². The van der Waals surface area contributed by atoms with E-state index in [1.165, 1.54) is 87.0 Å². The molecule has 3 heterocycles. The summed E-state index contributed by atoms with van der Waals surface area (Å²) in [6, 6.07) is 99.1. The number of hydrogen-bond donors (Lipinski definition) is 0. The molecule has 0 aliphatic heterocycles. The lowest BCUT2D eigenvalue weighted by atomic mass is 10.0. The lowest BCUT2D eigenvalue weighted by Gasteiger charge is -2.17. The lowest BCUT2D eigenvalue weighted by Crippen LogP contribution is -2.00. The summed E-state index contributed by atoms with van der Waals surface area (Å²) >= 11 is 0. The van der Waals surface area contributed by atoms with Crippen LogP contribution < -0.4 is 0 Å². The summed E-state index contributed by atoms with van der Waals surface area (Å²) in [5.41, 5.74) is 13.6. The lowest BCUT2D eigenvalue weighted by molar-refractivity contribution is 1.15. The van der Waals surface area contributed by atoms with E-state index in [1.807, 2.05) is 0 Å². The van der Waals surface area contributed by atoms with Crippen molar-refractivity contribution in [3.8, 4) is 22.7 Å². The van der Waals surface area contributed by atoms with Crippen molar-refractivity contribution in [1.29, 1.82) is 0 Å². The van der Waals surface area contributed by atoms with Crippen LogP contribution in [0.3, 0.4) is 0 Å². The Kier molecular flexibility index (Phi) is 8.71. The Morgan fingerprint density at radius 2 is 0.608 bits per heavy atom. The molecule has 0 N–H and O–H groups in total. The van der Waals surface area contributed by atoms with Crippen LogP contribution in [0.5, 0.6) is 0 Å². The van der Waals surface area contributed by atoms with Crippen LogP contribution in [0.25, 0.3) is 142 Å². The van der Waals surface area contributed by atoms with Crippen molar-refractivity contribution in [1.82, 2.24) is 18.3 Å². The maximum atomic E-state index is 2.49. The van der Waals surface area contributed by atoms with Gasteiger partial charge in [0.2, 0.25) is 0 Å². The molecule has 16 aromatic rings. The van der Waals surface area contributed by atoms with Crippen molar-refractivity contribution < 1.29 is 0 Å². The fraction of sp³-hybridized carbons (Fsp3) is 0. The van der Waals surface area contributed by atoms with E-state index in [-0.39, 0.29) is 0 Å². The highest BCUT2D eigenvalue weighted by Gasteiger charge is 2.20. The summed E-state index contributed by atoms with van der Waals surface area (Å²) < 4.78 is 9.86. The monoisotopic (exact) mass is 940 g/mol. The predicted octanol–water partition coefficient (Wildman–Crippen LogP) is 18.7. The van der Waals surface area contributed by atoms with Crippen molar-refractivity contribution in [2.24, 2.45) is 0 Å². The summed E-state index contributed by atoms with van der Waals surface area (Å²) in [7, 11) is 0. The van der Waals surface area contributed by atoms with E-state index in [4.69, 9.17) is 0 Å². The van der Waals surface area contributed by atoms with Gasteiger partial charge in [0, 0.05) is 60.1 Å². The van der Waals surface area contributed by atoms with Gasteiger partial charge >= 0.3 is 0 Å². The van der Waals surface area contributed by atoms with Crippen molar-refractivity contribution in [2.45, 2.75) is 0 Å². The maximum absolute atomic E-state index is 2.49. The Morgan fingerprint density at radius 3 is 1.27 bits per heavy atom. The first-order chi connectivity index (χ1) is 36.7. The van der Waals surface area contributed by atoms with Gasteiger partial charge in [0.15, 0.2) is 0 Å². The molecule has 0 spiro atoms. The number of benzene rings is 13. The first kappa shape index (κ1) is 40.8. The van der Waals surface area contributed by atoms with Crippen molar-refractivity contribution in [2.75, 3.05) is 0 Å². The molecule has 0 aliphatic rings. The number of hydrogen-bond acceptors (Lipinski definition) is 0. The van der Waals surface area contributed by atoms with Crippen LogP contribution in [0.1, 0.15) is 0 Å². The molecule has 0 saturated heterocycles. The molecule has 3 aromatic heterocycles. The minimum Gasteiger partial charge on any atom is -0.310 e. The zero-order valence-electron chi connectivity index (χ0n) is 40.2. The normalized spacial score (nSPS) is 12.1. The first-order valence-electron chi connectivity index (χ1n) is 25.5. The van der Waals surface area contributed by atoms with Gasteiger partial charge in [0.1, 0.15) is 0 Å². The van der Waals surface area contributed by atoms with Crippen LogP contribution in [0.15, 0.2) is 267 Å². The molecule has 0 atom stereocenters. The summed E-state index contributed by atoms with van der Waals surface area (Å²) in [6.45, 7) is 0. The van der Waals surface area contributed by atoms with Gasteiger partial charge in [-0.05, 0) is 140 Å². The molecule has 4 heteroatoms. The van der Waals surface area contributed by atoms with E-state index < -0.39 is 0 Å². The smallest absolute Gasteiger partial charge is 0.0562 e. The average molecular weight is 941 g/mol. The van der Waals surface area contributed by atoms with Crippen LogP contribution in [-0.4, -0.2) is 18.3 Å². The van der Waals surface area contributed by atoms with Gasteiger partial charge in [0.05, 0.1) is 39.1 Å². The van der Waals surface area contributed by atoms with Gasteiger partial charge in [-0.15, -0.1) is 0 Å². The molecule has 0 fully saturated rings. The van der Waals surface area contributed by atoms with E-state index in [0.29, 0.717) is 0 Å². The molecule has 0 radical (unpaired) electrons. The van der Waals surface area contributed by atoms with Gasteiger partial charge in [-0.25, -0.2) is 0 Å². The molecule has 8 bridgehead atoms. The second-order valence-corrected chi connectivity index (χ2v) is 19.7. The second-order valence-electron chi connectivity index (χ2n) is 19.7. The van der Waals surface area contributed by atoms with Crippen LogP contribution in [0.2, 0.25) is 0 Å². The Hall–Kier alpha value is -9.90. The molecule has 344 valence electrons. The Balaban J connectivity index is 1.01. The van der Waals surface area contributed by atoms with E-state index in [0.717, 1.165) is 55.2 Å². The topological polar surface area (TPSA) is 19.7 Å². The number of para-hydroxylation sites is 2. The van der Waals surface area contributed by atoms with Crippen LogP contribution >= 0.6 is 0 Å². The molecule has 0 unspecified atom stereocenters. The molecule has 4 nitrogen and oxygen atoms in total. The number of aromatic nitrogens is 4. The van der Waals surface area contributed by atoms with Crippen molar-refractivity contribution >= 4 is 120 Å². The fourth-order valence-corrected chi connectivity index (χ4v) is 12.4. The zero-order chi connectivity index (χ0) is 48.4. The Labute approximate surface area is 425 Å². The average Bonchev–Trinajstić information content (AvgIpc) is 3.98. The summed E-state index contributed by atoms with van der Waals surface area (Å²) in [4.78, 5) is 0. The molecule has 74 heavy (non-hydrogen) atoms. The zero-order valence-corrected chi connectivity index (χ0v) is 40.2. The molecule has 16 rings (SSSR count). The molecule has 0 aliphatic carbocycles. The van der Waals surface area contributed by atoms with E-state index in [2.05, 4.69) is 285 Å². The Morgan fingerprint density at radius 1 is 0.189 bits per heavy atom. The third-order valence-electron chi connectivity index (χ3n) is 15.7. The van der Waals surface area contributed by atoms with E-state index >= 15 is 0 Å². The fourth-order valence-electron chi connectivity index (χ4n) is 12.4. The first-order valence-corrected chi connectivity index (χ1v) is 25.5. The van der Waals surface area contributed by atoms with E-state index in [9.17, 15) is 0 Å². The minimum atomic E-state index is 1.08. The third-order valence-corrected chi connectivity index (χ3v) is 15.7. The van der Waals surface area contributed by atoms with Crippen LogP contribution in [0.4, 0.5) is 0 Å².